The average molecular weight is 436 g/mol. The Kier molecular flexibility index (Phi) is 6.97. The van der Waals surface area contributed by atoms with Crippen molar-refractivity contribution in [1.29, 1.82) is 0 Å². The predicted octanol–water partition coefficient (Wildman–Crippen LogP) is 2.11. The highest BCUT2D eigenvalue weighted by Crippen LogP contribution is 2.19. The van der Waals surface area contributed by atoms with E-state index in [1.54, 1.807) is 43.6 Å². The van der Waals surface area contributed by atoms with Gasteiger partial charge in [0.2, 0.25) is 0 Å². The standard InChI is InChI=1S/C25H27FN4O2/c1-32-21-10-8-19(9-11-21)25(31)28-18-24(20-5-4-12-27-17-20)30-15-13-29(14-16-30)23-7-3-2-6-22(23)26/h2-12,17,24H,13-16,18H2,1H3,(H,28,31)/p+1. The van der Waals surface area contributed by atoms with Crippen LogP contribution < -0.4 is 19.9 Å². The summed E-state index contributed by atoms with van der Waals surface area (Å²) in [5.74, 6) is 0.407. The largest absolute Gasteiger partial charge is 0.497 e. The van der Waals surface area contributed by atoms with E-state index in [1.165, 1.54) is 11.0 Å². The molecule has 166 valence electrons. The lowest BCUT2D eigenvalue weighted by Crippen LogP contribution is -3.15. The molecule has 7 heteroatoms. The SMILES string of the molecule is COc1ccc(C(=O)NCC(c2cccnc2)[NH+]2CCN(c3ccccc3F)CC2)cc1. The van der Waals surface area contributed by atoms with Gasteiger partial charge in [-0.15, -0.1) is 0 Å². The van der Waals surface area contributed by atoms with Gasteiger partial charge in [0.05, 0.1) is 45.5 Å². The first-order valence-corrected chi connectivity index (χ1v) is 10.8. The van der Waals surface area contributed by atoms with E-state index in [2.05, 4.69) is 15.2 Å². The molecule has 1 atom stereocenters. The van der Waals surface area contributed by atoms with Gasteiger partial charge in [-0.05, 0) is 48.5 Å². The second-order valence-electron chi connectivity index (χ2n) is 7.87. The Labute approximate surface area is 187 Å². The second kappa shape index (κ2) is 10.2. The van der Waals surface area contributed by atoms with Crippen LogP contribution in [0.4, 0.5) is 10.1 Å². The zero-order valence-electron chi connectivity index (χ0n) is 18.1. The van der Waals surface area contributed by atoms with Gasteiger partial charge in [-0.3, -0.25) is 9.78 Å². The van der Waals surface area contributed by atoms with Crippen LogP contribution in [-0.2, 0) is 0 Å². The maximum absolute atomic E-state index is 14.2. The van der Waals surface area contributed by atoms with E-state index < -0.39 is 0 Å². The van der Waals surface area contributed by atoms with E-state index in [0.717, 1.165) is 31.7 Å². The molecule has 1 aliphatic heterocycles. The van der Waals surface area contributed by atoms with Crippen LogP contribution in [0.3, 0.4) is 0 Å². The van der Waals surface area contributed by atoms with Gasteiger partial charge in [0.25, 0.3) is 5.91 Å². The van der Waals surface area contributed by atoms with E-state index in [1.807, 2.05) is 30.5 Å². The van der Waals surface area contributed by atoms with Gasteiger partial charge in [-0.1, -0.05) is 12.1 Å². The molecule has 1 fully saturated rings. The molecule has 0 radical (unpaired) electrons. The summed E-state index contributed by atoms with van der Waals surface area (Å²) >= 11 is 0. The molecule has 0 aliphatic carbocycles. The maximum atomic E-state index is 14.2. The molecule has 6 nitrogen and oxygen atoms in total. The van der Waals surface area contributed by atoms with Crippen molar-refractivity contribution < 1.29 is 18.8 Å². The Morgan fingerprint density at radius 2 is 1.88 bits per heavy atom. The molecular weight excluding hydrogens is 407 g/mol. The molecule has 2 N–H and O–H groups in total. The summed E-state index contributed by atoms with van der Waals surface area (Å²) in [4.78, 5) is 20.4. The molecule has 2 aromatic carbocycles. The van der Waals surface area contributed by atoms with Crippen LogP contribution in [0.5, 0.6) is 5.75 Å². The number of aromatic nitrogens is 1. The highest BCUT2D eigenvalue weighted by atomic mass is 19.1. The number of halogens is 1. The monoisotopic (exact) mass is 435 g/mol. The molecule has 3 aromatic rings. The van der Waals surface area contributed by atoms with Crippen LogP contribution >= 0.6 is 0 Å². The van der Waals surface area contributed by atoms with E-state index >= 15 is 0 Å². The number of nitrogens with zero attached hydrogens (tertiary/aromatic N) is 2. The van der Waals surface area contributed by atoms with Gasteiger partial charge in [-0.25, -0.2) is 4.39 Å². The summed E-state index contributed by atoms with van der Waals surface area (Å²) in [6.45, 7) is 3.67. The zero-order chi connectivity index (χ0) is 22.3. The number of quaternary nitrogens is 1. The molecule has 2 heterocycles. The molecule has 1 unspecified atom stereocenters. The summed E-state index contributed by atoms with van der Waals surface area (Å²) in [6.07, 6.45) is 3.61. The molecule has 0 bridgehead atoms. The smallest absolute Gasteiger partial charge is 0.251 e. The Morgan fingerprint density at radius 1 is 1.12 bits per heavy atom. The third-order valence-corrected chi connectivity index (χ3v) is 6.00. The van der Waals surface area contributed by atoms with E-state index in [9.17, 15) is 9.18 Å². The highest BCUT2D eigenvalue weighted by Gasteiger charge is 2.30. The Bertz CT molecular complexity index is 1020. The van der Waals surface area contributed by atoms with Crippen LogP contribution in [0, 0.1) is 5.82 Å². The molecule has 1 aromatic heterocycles. The second-order valence-corrected chi connectivity index (χ2v) is 7.87. The number of hydrogen-bond donors (Lipinski definition) is 2. The first-order valence-electron chi connectivity index (χ1n) is 10.8. The normalized spacial score (nSPS) is 15.2. The number of methoxy groups -OCH3 is 1. The van der Waals surface area contributed by atoms with Crippen LogP contribution in [0.2, 0.25) is 0 Å². The molecule has 32 heavy (non-hydrogen) atoms. The van der Waals surface area contributed by atoms with E-state index in [4.69, 9.17) is 4.74 Å². The minimum Gasteiger partial charge on any atom is -0.497 e. The molecule has 1 aliphatic rings. The summed E-state index contributed by atoms with van der Waals surface area (Å²) in [7, 11) is 1.60. The van der Waals surface area contributed by atoms with Crippen molar-refractivity contribution >= 4 is 11.6 Å². The maximum Gasteiger partial charge on any atom is 0.251 e. The lowest BCUT2D eigenvalue weighted by Gasteiger charge is -2.37. The number of para-hydroxylation sites is 1. The van der Waals surface area contributed by atoms with Gasteiger partial charge in [0.1, 0.15) is 17.6 Å². The number of rotatable bonds is 7. The van der Waals surface area contributed by atoms with Crippen molar-refractivity contribution in [3.05, 3.63) is 90.0 Å². The summed E-state index contributed by atoms with van der Waals surface area (Å²) in [5, 5.41) is 3.08. The number of piperazine rings is 1. The van der Waals surface area contributed by atoms with E-state index in [0.29, 0.717) is 23.5 Å². The van der Waals surface area contributed by atoms with Crippen molar-refractivity contribution in [1.82, 2.24) is 10.3 Å². The van der Waals surface area contributed by atoms with Crippen molar-refractivity contribution in [2.24, 2.45) is 0 Å². The quantitative estimate of drug-likeness (QED) is 0.597. The Hall–Kier alpha value is -3.45. The first-order chi connectivity index (χ1) is 15.7. The lowest BCUT2D eigenvalue weighted by atomic mass is 10.1. The number of hydrogen-bond acceptors (Lipinski definition) is 4. The summed E-state index contributed by atoms with van der Waals surface area (Å²) < 4.78 is 19.4. The van der Waals surface area contributed by atoms with Gasteiger partial charge in [0.15, 0.2) is 0 Å². The van der Waals surface area contributed by atoms with Crippen molar-refractivity contribution in [3.8, 4) is 5.75 Å². The molecule has 1 amide bonds. The number of amides is 1. The van der Waals surface area contributed by atoms with Crippen molar-refractivity contribution in [3.63, 3.8) is 0 Å². The number of benzene rings is 2. The third kappa shape index (κ3) is 5.06. The number of ether oxygens (including phenoxy) is 1. The van der Waals surface area contributed by atoms with Crippen LogP contribution in [0.1, 0.15) is 22.0 Å². The molecular formula is C25H28FN4O2+. The number of carbonyl (C=O) groups is 1. The molecule has 1 saturated heterocycles. The fraction of sp³-hybridized carbons (Fsp3) is 0.280. The van der Waals surface area contributed by atoms with Crippen molar-refractivity contribution in [2.45, 2.75) is 6.04 Å². The summed E-state index contributed by atoms with van der Waals surface area (Å²) in [6, 6.07) is 18.0. The van der Waals surface area contributed by atoms with Gasteiger partial charge >= 0.3 is 0 Å². The fourth-order valence-electron chi connectivity index (χ4n) is 4.21. The highest BCUT2D eigenvalue weighted by molar-refractivity contribution is 5.94. The molecule has 0 spiro atoms. The molecule has 4 rings (SSSR count). The Morgan fingerprint density at radius 3 is 2.53 bits per heavy atom. The van der Waals surface area contributed by atoms with Gasteiger partial charge in [-0.2, -0.15) is 0 Å². The van der Waals surface area contributed by atoms with Crippen LogP contribution in [0.25, 0.3) is 0 Å². The van der Waals surface area contributed by atoms with Crippen molar-refractivity contribution in [2.75, 3.05) is 44.7 Å². The first kappa shape index (κ1) is 21.8. The Balaban J connectivity index is 1.43. The van der Waals surface area contributed by atoms with Gasteiger partial charge in [0, 0.05) is 23.5 Å². The molecule has 0 saturated carbocycles. The summed E-state index contributed by atoms with van der Waals surface area (Å²) in [5.41, 5.74) is 2.32. The fourth-order valence-corrected chi connectivity index (χ4v) is 4.21. The average Bonchev–Trinajstić information content (AvgIpc) is 2.85. The predicted molar refractivity (Wildman–Crippen MR) is 122 cm³/mol. The lowest BCUT2D eigenvalue weighted by molar-refractivity contribution is -0.931. The van der Waals surface area contributed by atoms with Gasteiger partial charge < -0.3 is 19.9 Å². The minimum absolute atomic E-state index is 0.0636. The number of carbonyl (C=O) groups excluding carboxylic acids is 1. The topological polar surface area (TPSA) is 58.9 Å². The van der Waals surface area contributed by atoms with E-state index in [-0.39, 0.29) is 17.8 Å². The number of pyridine rings is 1. The third-order valence-electron chi connectivity index (χ3n) is 6.00. The van der Waals surface area contributed by atoms with Crippen LogP contribution in [-0.4, -0.2) is 50.7 Å². The number of anilines is 1. The minimum atomic E-state index is -0.188. The van der Waals surface area contributed by atoms with Crippen LogP contribution in [0.15, 0.2) is 73.1 Å². The zero-order valence-corrected chi connectivity index (χ0v) is 18.1. The number of nitrogens with one attached hydrogen (secondary N) is 2.